The van der Waals surface area contributed by atoms with Gasteiger partial charge in [0.25, 0.3) is 0 Å². The molecule has 0 spiro atoms. The second-order valence-electron chi connectivity index (χ2n) is 2.87. The van der Waals surface area contributed by atoms with Crippen LogP contribution in [0, 0.1) is 0 Å². The Balaban J connectivity index is 2.69. The largest absolute Gasteiger partial charge is 0.284 e. The van der Waals surface area contributed by atoms with Gasteiger partial charge in [0, 0.05) is 11.6 Å². The number of aromatic nitrogens is 1. The van der Waals surface area contributed by atoms with Crippen LogP contribution in [0.2, 0.25) is 0 Å². The first-order valence-electron chi connectivity index (χ1n) is 4.07. The number of hydrogen-bond acceptors (Lipinski definition) is 0. The Morgan fingerprint density at radius 1 is 1.33 bits per heavy atom. The molecule has 62 valence electrons. The van der Waals surface area contributed by atoms with Gasteiger partial charge in [0.05, 0.1) is 21.7 Å². The van der Waals surface area contributed by atoms with Crippen molar-refractivity contribution >= 4 is 27.1 Å². The molecule has 0 fully saturated rings. The number of halogens is 1. The zero-order valence-corrected chi connectivity index (χ0v) is 8.51. The molecule has 0 saturated heterocycles. The maximum Gasteiger partial charge on any atom is 0.0591 e. The first-order chi connectivity index (χ1) is 5.81. The molecule has 1 aromatic carbocycles. The van der Waals surface area contributed by atoms with Gasteiger partial charge < -0.3 is 0 Å². The van der Waals surface area contributed by atoms with E-state index in [0.29, 0.717) is 0 Å². The lowest BCUT2D eigenvalue weighted by Gasteiger charge is -1.97. The summed E-state index contributed by atoms with van der Waals surface area (Å²) < 4.78 is 1.96. The maximum absolute atomic E-state index is 3.43. The van der Waals surface area contributed by atoms with E-state index in [4.69, 9.17) is 0 Å². The molecule has 0 aliphatic carbocycles. The van der Waals surface area contributed by atoms with Crippen LogP contribution < -0.4 is 0 Å². The summed E-state index contributed by atoms with van der Waals surface area (Å²) in [7, 11) is 0. The van der Waals surface area contributed by atoms with E-state index in [1.54, 1.807) is 0 Å². The van der Waals surface area contributed by atoms with Gasteiger partial charge in [-0.15, -0.1) is 0 Å². The second kappa shape index (κ2) is 2.94. The normalized spacial score (nSPS) is 10.8. The van der Waals surface area contributed by atoms with Crippen LogP contribution in [0.15, 0.2) is 30.5 Å². The van der Waals surface area contributed by atoms with E-state index in [9.17, 15) is 0 Å². The summed E-state index contributed by atoms with van der Waals surface area (Å²) in [4.78, 5) is 0. The van der Waals surface area contributed by atoms with Crippen LogP contribution in [0.5, 0.6) is 0 Å². The lowest BCUT2D eigenvalue weighted by Crippen LogP contribution is -1.79. The number of aryl methyl sites for hydroxylation is 1. The van der Waals surface area contributed by atoms with Crippen LogP contribution in [-0.4, -0.2) is 3.59 Å². The fourth-order valence-corrected chi connectivity index (χ4v) is 1.82. The van der Waals surface area contributed by atoms with E-state index in [1.807, 2.05) is 9.79 Å². The first kappa shape index (κ1) is 7.87. The van der Waals surface area contributed by atoms with Crippen molar-refractivity contribution in [2.45, 2.75) is 13.3 Å². The van der Waals surface area contributed by atoms with Crippen LogP contribution in [0.1, 0.15) is 12.5 Å². The Morgan fingerprint density at radius 2 is 2.17 bits per heavy atom. The second-order valence-corrected chi connectivity index (χ2v) is 3.64. The zero-order valence-electron chi connectivity index (χ0n) is 6.92. The first-order valence-corrected chi connectivity index (χ1v) is 4.78. The lowest BCUT2D eigenvalue weighted by molar-refractivity contribution is 1.15. The van der Waals surface area contributed by atoms with Crippen LogP contribution in [0.25, 0.3) is 10.9 Å². The highest BCUT2D eigenvalue weighted by Gasteiger charge is 1.98. The molecule has 0 unspecified atom stereocenters. The van der Waals surface area contributed by atoms with Crippen LogP contribution >= 0.6 is 16.1 Å². The van der Waals surface area contributed by atoms with E-state index in [0.717, 1.165) is 6.42 Å². The van der Waals surface area contributed by atoms with E-state index >= 15 is 0 Å². The third-order valence-corrected chi connectivity index (χ3v) is 2.73. The molecule has 0 aliphatic rings. The van der Waals surface area contributed by atoms with E-state index in [2.05, 4.69) is 47.3 Å². The van der Waals surface area contributed by atoms with Gasteiger partial charge in [-0.1, -0.05) is 13.0 Å². The van der Waals surface area contributed by atoms with Crippen molar-refractivity contribution in [3.63, 3.8) is 0 Å². The number of hydrogen-bond donors (Lipinski definition) is 0. The minimum Gasteiger partial charge on any atom is -0.284 e. The van der Waals surface area contributed by atoms with E-state index < -0.39 is 0 Å². The number of benzene rings is 1. The molecular weight excluding hydrogens is 214 g/mol. The zero-order chi connectivity index (χ0) is 8.55. The summed E-state index contributed by atoms with van der Waals surface area (Å²) in [5.41, 5.74) is 2.62. The summed E-state index contributed by atoms with van der Waals surface area (Å²) in [5, 5.41) is 1.30. The Kier molecular flexibility index (Phi) is 1.93. The Hall–Kier alpha value is -0.760. The van der Waals surface area contributed by atoms with Crippen molar-refractivity contribution in [1.82, 2.24) is 3.59 Å². The smallest absolute Gasteiger partial charge is 0.0591 e. The molecule has 1 aromatic heterocycles. The van der Waals surface area contributed by atoms with Crippen LogP contribution in [0.3, 0.4) is 0 Å². The monoisotopic (exact) mass is 223 g/mol. The average molecular weight is 224 g/mol. The number of fused-ring (bicyclic) bond motifs is 1. The van der Waals surface area contributed by atoms with Gasteiger partial charge in [-0.25, -0.2) is 0 Å². The van der Waals surface area contributed by atoms with Gasteiger partial charge in [-0.3, -0.25) is 3.59 Å². The molecule has 0 amide bonds. The summed E-state index contributed by atoms with van der Waals surface area (Å²) in [5.74, 6) is 0. The van der Waals surface area contributed by atoms with Crippen LogP contribution in [0.4, 0.5) is 0 Å². The van der Waals surface area contributed by atoms with Crippen molar-refractivity contribution in [2.75, 3.05) is 0 Å². The van der Waals surface area contributed by atoms with Gasteiger partial charge in [-0.2, -0.15) is 0 Å². The molecule has 0 N–H and O–H groups in total. The van der Waals surface area contributed by atoms with Gasteiger partial charge >= 0.3 is 0 Å². The van der Waals surface area contributed by atoms with Crippen molar-refractivity contribution in [1.29, 1.82) is 0 Å². The molecule has 0 atom stereocenters. The van der Waals surface area contributed by atoms with Crippen molar-refractivity contribution in [2.24, 2.45) is 0 Å². The summed E-state index contributed by atoms with van der Waals surface area (Å²) in [6.07, 6.45) is 3.12. The van der Waals surface area contributed by atoms with Crippen molar-refractivity contribution in [3.8, 4) is 0 Å². The van der Waals surface area contributed by atoms with Gasteiger partial charge in [-0.05, 0) is 30.2 Å². The quantitative estimate of drug-likeness (QED) is 0.699. The van der Waals surface area contributed by atoms with Crippen molar-refractivity contribution in [3.05, 3.63) is 36.0 Å². The van der Waals surface area contributed by atoms with Gasteiger partial charge in [0.15, 0.2) is 0 Å². The highest BCUT2D eigenvalue weighted by Crippen LogP contribution is 2.19. The van der Waals surface area contributed by atoms with Crippen LogP contribution in [-0.2, 0) is 6.42 Å². The van der Waals surface area contributed by atoms with Gasteiger partial charge in [0.2, 0.25) is 0 Å². The minimum atomic E-state index is 1.10. The Bertz CT molecular complexity index is 403. The molecule has 0 radical (unpaired) electrons. The average Bonchev–Trinajstić information content (AvgIpc) is 2.47. The number of rotatable bonds is 1. The third kappa shape index (κ3) is 1.16. The molecule has 2 rings (SSSR count). The fraction of sp³-hybridized carbons (Fsp3) is 0.200. The minimum absolute atomic E-state index is 1.10. The Labute approximate surface area is 80.3 Å². The standard InChI is InChI=1S/C10H10BrN/c1-2-8-3-4-10-9(7-8)5-6-12(10)11/h3-7H,2H2,1H3. The molecule has 1 heterocycles. The fourth-order valence-electron chi connectivity index (χ4n) is 1.38. The van der Waals surface area contributed by atoms with E-state index in [-0.39, 0.29) is 0 Å². The molecular formula is C10H10BrN. The molecule has 0 aliphatic heterocycles. The molecule has 0 saturated carbocycles. The third-order valence-electron chi connectivity index (χ3n) is 2.12. The topological polar surface area (TPSA) is 4.93 Å². The number of nitrogens with zero attached hydrogens (tertiary/aromatic N) is 1. The SMILES string of the molecule is CCc1ccc2c(ccn2Br)c1. The summed E-state index contributed by atoms with van der Waals surface area (Å²) >= 11 is 3.43. The Morgan fingerprint density at radius 3 is 2.92 bits per heavy atom. The van der Waals surface area contributed by atoms with Crippen molar-refractivity contribution < 1.29 is 0 Å². The molecule has 2 aromatic rings. The van der Waals surface area contributed by atoms with E-state index in [1.165, 1.54) is 16.5 Å². The molecule has 2 heteroatoms. The predicted octanol–water partition coefficient (Wildman–Crippen LogP) is 3.36. The summed E-state index contributed by atoms with van der Waals surface area (Å²) in [6, 6.07) is 8.65. The molecule has 1 nitrogen and oxygen atoms in total. The highest BCUT2D eigenvalue weighted by atomic mass is 79.9. The van der Waals surface area contributed by atoms with Gasteiger partial charge in [0.1, 0.15) is 0 Å². The predicted molar refractivity (Wildman–Crippen MR) is 55.6 cm³/mol. The summed E-state index contributed by atoms with van der Waals surface area (Å²) in [6.45, 7) is 2.17. The lowest BCUT2D eigenvalue weighted by atomic mass is 10.1. The maximum atomic E-state index is 3.43. The molecule has 12 heavy (non-hydrogen) atoms. The highest BCUT2D eigenvalue weighted by molar-refractivity contribution is 9.08. The molecule has 0 bridgehead atoms.